The smallest absolute Gasteiger partial charge is 0.320 e. The molecule has 3 amide bonds. The first-order valence-electron chi connectivity index (χ1n) is 8.85. The Kier molecular flexibility index (Phi) is 4.25. The van der Waals surface area contributed by atoms with Gasteiger partial charge in [0.05, 0.1) is 0 Å². The molecule has 0 aromatic carbocycles. The van der Waals surface area contributed by atoms with Gasteiger partial charge in [-0.15, -0.1) is 0 Å². The molecule has 0 atom stereocenters. The first-order chi connectivity index (χ1) is 12.2. The summed E-state index contributed by atoms with van der Waals surface area (Å²) < 4.78 is 1.74. The number of piperazine rings is 1. The lowest BCUT2D eigenvalue weighted by Gasteiger charge is -2.38. The Labute approximate surface area is 146 Å². The molecule has 2 aromatic heterocycles. The van der Waals surface area contributed by atoms with Crippen LogP contribution in [-0.4, -0.2) is 80.3 Å². The third-order valence-corrected chi connectivity index (χ3v) is 4.92. The van der Waals surface area contributed by atoms with E-state index in [-0.39, 0.29) is 11.9 Å². The van der Waals surface area contributed by atoms with Crippen LogP contribution in [0, 0.1) is 0 Å². The topological polar surface area (TPSA) is 74.0 Å². The van der Waals surface area contributed by atoms with Crippen molar-refractivity contribution >= 4 is 17.7 Å². The highest BCUT2D eigenvalue weighted by molar-refractivity contribution is 5.93. The van der Waals surface area contributed by atoms with Gasteiger partial charge in [0, 0.05) is 57.9 Å². The van der Waals surface area contributed by atoms with Crippen molar-refractivity contribution < 1.29 is 9.59 Å². The van der Waals surface area contributed by atoms with Crippen molar-refractivity contribution in [3.8, 4) is 0 Å². The number of urea groups is 1. The van der Waals surface area contributed by atoms with Crippen LogP contribution in [0.15, 0.2) is 24.7 Å². The molecule has 2 aliphatic heterocycles. The van der Waals surface area contributed by atoms with E-state index in [1.807, 2.05) is 16.0 Å². The predicted molar refractivity (Wildman–Crippen MR) is 91.3 cm³/mol. The van der Waals surface area contributed by atoms with Crippen molar-refractivity contribution in [2.45, 2.75) is 19.3 Å². The molecule has 8 heteroatoms. The number of rotatable bonds is 1. The third kappa shape index (κ3) is 3.16. The molecule has 2 aliphatic rings. The summed E-state index contributed by atoms with van der Waals surface area (Å²) in [5.41, 5.74) is 0.398. The molecule has 0 N–H and O–H groups in total. The van der Waals surface area contributed by atoms with Gasteiger partial charge in [-0.3, -0.25) is 9.20 Å². The summed E-state index contributed by atoms with van der Waals surface area (Å²) in [6.45, 7) is 3.94. The van der Waals surface area contributed by atoms with Crippen LogP contribution in [0.25, 0.3) is 5.78 Å². The van der Waals surface area contributed by atoms with E-state index in [9.17, 15) is 9.59 Å². The zero-order chi connectivity index (χ0) is 17.2. The van der Waals surface area contributed by atoms with E-state index in [2.05, 4.69) is 9.97 Å². The van der Waals surface area contributed by atoms with E-state index in [0.29, 0.717) is 37.7 Å². The molecule has 0 bridgehead atoms. The lowest BCUT2D eigenvalue weighted by molar-refractivity contribution is 0.0628. The second kappa shape index (κ2) is 6.70. The fraction of sp³-hybridized carbons (Fsp3) is 0.529. The van der Waals surface area contributed by atoms with E-state index in [1.54, 1.807) is 27.8 Å². The van der Waals surface area contributed by atoms with Crippen molar-refractivity contribution in [3.05, 3.63) is 30.4 Å². The first-order valence-corrected chi connectivity index (χ1v) is 8.85. The summed E-state index contributed by atoms with van der Waals surface area (Å²) in [7, 11) is 0. The molecule has 0 radical (unpaired) electrons. The number of likely N-dealkylation sites (tertiary alicyclic amines) is 1. The van der Waals surface area contributed by atoms with Gasteiger partial charge in [-0.05, 0) is 25.3 Å². The van der Waals surface area contributed by atoms with Crippen LogP contribution < -0.4 is 0 Å². The minimum absolute atomic E-state index is 0.101. The van der Waals surface area contributed by atoms with Crippen molar-refractivity contribution in [2.75, 3.05) is 39.3 Å². The Morgan fingerprint density at radius 1 is 0.880 bits per heavy atom. The molecular formula is C17H22N6O2. The van der Waals surface area contributed by atoms with Crippen molar-refractivity contribution in [2.24, 2.45) is 0 Å². The number of nitrogens with zero attached hydrogens (tertiary/aromatic N) is 6. The second-order valence-corrected chi connectivity index (χ2v) is 6.56. The largest absolute Gasteiger partial charge is 0.334 e. The Morgan fingerprint density at radius 2 is 1.56 bits per heavy atom. The monoisotopic (exact) mass is 342 g/mol. The average Bonchev–Trinajstić information content (AvgIpc) is 3.12. The molecule has 0 unspecified atom stereocenters. The highest BCUT2D eigenvalue weighted by Crippen LogP contribution is 2.14. The summed E-state index contributed by atoms with van der Waals surface area (Å²) in [5, 5.41) is 0. The van der Waals surface area contributed by atoms with E-state index in [4.69, 9.17) is 0 Å². The van der Waals surface area contributed by atoms with Crippen LogP contribution in [0.4, 0.5) is 4.79 Å². The molecule has 8 nitrogen and oxygen atoms in total. The van der Waals surface area contributed by atoms with Crippen LogP contribution >= 0.6 is 0 Å². The SMILES string of the molecule is O=C(c1cn2cccnc2n1)N1CCN(C(=O)N2CCCCC2)CC1. The fourth-order valence-corrected chi connectivity index (χ4v) is 3.48. The first kappa shape index (κ1) is 15.9. The van der Waals surface area contributed by atoms with E-state index < -0.39 is 0 Å². The van der Waals surface area contributed by atoms with Gasteiger partial charge in [0.2, 0.25) is 5.78 Å². The number of carbonyl (C=O) groups excluding carboxylic acids is 2. The number of piperidine rings is 1. The zero-order valence-corrected chi connectivity index (χ0v) is 14.2. The Balaban J connectivity index is 1.37. The molecule has 2 fully saturated rings. The molecular weight excluding hydrogens is 320 g/mol. The van der Waals surface area contributed by atoms with Crippen LogP contribution in [0.5, 0.6) is 0 Å². The molecule has 2 saturated heterocycles. The number of hydrogen-bond donors (Lipinski definition) is 0. The minimum atomic E-state index is -0.101. The van der Waals surface area contributed by atoms with Crippen molar-refractivity contribution in [1.82, 2.24) is 29.1 Å². The molecule has 0 aliphatic carbocycles. The summed E-state index contributed by atoms with van der Waals surface area (Å²) >= 11 is 0. The second-order valence-electron chi connectivity index (χ2n) is 6.56. The highest BCUT2D eigenvalue weighted by Gasteiger charge is 2.29. The Hall–Kier alpha value is -2.64. The van der Waals surface area contributed by atoms with E-state index in [1.165, 1.54) is 6.42 Å². The Bertz CT molecular complexity index is 741. The van der Waals surface area contributed by atoms with Crippen molar-refractivity contribution in [1.29, 1.82) is 0 Å². The van der Waals surface area contributed by atoms with Gasteiger partial charge in [0.1, 0.15) is 5.69 Å². The molecule has 0 spiro atoms. The quantitative estimate of drug-likeness (QED) is 0.778. The lowest BCUT2D eigenvalue weighted by atomic mass is 10.1. The van der Waals surface area contributed by atoms with Gasteiger partial charge in [0.15, 0.2) is 0 Å². The van der Waals surface area contributed by atoms with E-state index >= 15 is 0 Å². The third-order valence-electron chi connectivity index (χ3n) is 4.92. The maximum Gasteiger partial charge on any atom is 0.320 e. The summed E-state index contributed by atoms with van der Waals surface area (Å²) in [6, 6.07) is 1.91. The number of hydrogen-bond acceptors (Lipinski definition) is 4. The molecule has 0 saturated carbocycles. The molecule has 25 heavy (non-hydrogen) atoms. The summed E-state index contributed by atoms with van der Waals surface area (Å²) in [6.07, 6.45) is 8.57. The van der Waals surface area contributed by atoms with Crippen molar-refractivity contribution in [3.63, 3.8) is 0 Å². The fourth-order valence-electron chi connectivity index (χ4n) is 3.48. The predicted octanol–water partition coefficient (Wildman–Crippen LogP) is 1.09. The number of amides is 3. The van der Waals surface area contributed by atoms with Gasteiger partial charge in [-0.1, -0.05) is 0 Å². The van der Waals surface area contributed by atoms with Crippen LogP contribution in [-0.2, 0) is 0 Å². The molecule has 132 valence electrons. The van der Waals surface area contributed by atoms with Gasteiger partial charge in [-0.25, -0.2) is 14.8 Å². The molecule has 4 rings (SSSR count). The minimum Gasteiger partial charge on any atom is -0.334 e. The van der Waals surface area contributed by atoms with Gasteiger partial charge in [-0.2, -0.15) is 0 Å². The van der Waals surface area contributed by atoms with Crippen LogP contribution in [0.2, 0.25) is 0 Å². The number of fused-ring (bicyclic) bond motifs is 1. The maximum atomic E-state index is 12.7. The van der Waals surface area contributed by atoms with Crippen LogP contribution in [0.1, 0.15) is 29.8 Å². The highest BCUT2D eigenvalue weighted by atomic mass is 16.2. The summed E-state index contributed by atoms with van der Waals surface area (Å²) in [4.78, 5) is 39.2. The lowest BCUT2D eigenvalue weighted by Crippen LogP contribution is -2.54. The van der Waals surface area contributed by atoms with Gasteiger partial charge >= 0.3 is 6.03 Å². The van der Waals surface area contributed by atoms with Crippen LogP contribution in [0.3, 0.4) is 0 Å². The Morgan fingerprint density at radius 3 is 2.28 bits per heavy atom. The number of carbonyl (C=O) groups is 2. The normalized spacial score (nSPS) is 18.6. The maximum absolute atomic E-state index is 12.7. The summed E-state index contributed by atoms with van der Waals surface area (Å²) in [5.74, 6) is 0.417. The van der Waals surface area contributed by atoms with Gasteiger partial charge in [0.25, 0.3) is 5.91 Å². The standard InChI is InChI=1S/C17H22N6O2/c24-15(14-13-23-8-4-5-18-16(23)19-14)20-9-11-22(12-10-20)17(25)21-6-2-1-3-7-21/h4-5,8,13H,1-3,6-7,9-12H2. The van der Waals surface area contributed by atoms with E-state index in [0.717, 1.165) is 25.9 Å². The molecule has 2 aromatic rings. The number of aromatic nitrogens is 3. The zero-order valence-electron chi connectivity index (χ0n) is 14.2. The average molecular weight is 342 g/mol. The number of imidazole rings is 1. The molecule has 4 heterocycles. The van der Waals surface area contributed by atoms with Gasteiger partial charge < -0.3 is 14.7 Å².